The maximum absolute atomic E-state index is 13.4. The number of H-pyrrole nitrogens is 1. The number of nitrogens with one attached hydrogen (secondary N) is 1. The van der Waals surface area contributed by atoms with Gasteiger partial charge >= 0.3 is 0 Å². The number of carbonyl (C=O) groups excluding carboxylic acids is 1. The SMILES string of the molecule is Cc1c(C(=O)N2CCc3nn(C)c(-c4ccccc4)c3CC2)[nH]c2ccc(Cl)cc12. The summed E-state index contributed by atoms with van der Waals surface area (Å²) in [6.07, 6.45) is 1.55. The second-order valence-electron chi connectivity index (χ2n) is 7.87. The van der Waals surface area contributed by atoms with Gasteiger partial charge in [-0.15, -0.1) is 0 Å². The van der Waals surface area contributed by atoms with Crippen LogP contribution in [0.2, 0.25) is 5.02 Å². The van der Waals surface area contributed by atoms with Crippen LogP contribution in [-0.2, 0) is 19.9 Å². The van der Waals surface area contributed by atoms with Crippen molar-refractivity contribution in [1.29, 1.82) is 0 Å². The van der Waals surface area contributed by atoms with Gasteiger partial charge in [-0.05, 0) is 37.1 Å². The van der Waals surface area contributed by atoms with Crippen molar-refractivity contribution in [2.75, 3.05) is 13.1 Å². The summed E-state index contributed by atoms with van der Waals surface area (Å²) in [4.78, 5) is 18.6. The van der Waals surface area contributed by atoms with Gasteiger partial charge in [-0.1, -0.05) is 41.9 Å². The summed E-state index contributed by atoms with van der Waals surface area (Å²) in [6.45, 7) is 3.31. The number of hydrogen-bond acceptors (Lipinski definition) is 2. The molecular formula is C24H23ClN4O. The van der Waals surface area contributed by atoms with Crippen molar-refractivity contribution in [3.63, 3.8) is 0 Å². The standard InChI is InChI=1S/C24H23ClN4O/c1-15-19-14-17(25)8-9-20(19)26-22(15)24(30)29-12-10-18-21(11-13-29)27-28(2)23(18)16-6-4-3-5-7-16/h3-9,14,26H,10-13H2,1-2H3. The summed E-state index contributed by atoms with van der Waals surface area (Å²) < 4.78 is 1.98. The Morgan fingerprint density at radius 1 is 1.10 bits per heavy atom. The van der Waals surface area contributed by atoms with Gasteiger partial charge in [0.1, 0.15) is 5.69 Å². The molecule has 1 N–H and O–H groups in total. The minimum Gasteiger partial charge on any atom is -0.350 e. The zero-order valence-electron chi connectivity index (χ0n) is 17.1. The number of halogens is 1. The van der Waals surface area contributed by atoms with Gasteiger partial charge in [-0.25, -0.2) is 0 Å². The molecule has 6 heteroatoms. The van der Waals surface area contributed by atoms with E-state index in [1.54, 1.807) is 0 Å². The molecule has 1 aliphatic heterocycles. The highest BCUT2D eigenvalue weighted by atomic mass is 35.5. The molecule has 0 saturated carbocycles. The highest BCUT2D eigenvalue weighted by Crippen LogP contribution is 2.30. The van der Waals surface area contributed by atoms with Crippen molar-refractivity contribution in [3.05, 3.63) is 76.1 Å². The van der Waals surface area contributed by atoms with E-state index in [1.165, 1.54) is 5.56 Å². The van der Waals surface area contributed by atoms with Crippen LogP contribution in [0.25, 0.3) is 22.2 Å². The molecule has 0 radical (unpaired) electrons. The maximum atomic E-state index is 13.4. The Labute approximate surface area is 180 Å². The van der Waals surface area contributed by atoms with E-state index in [9.17, 15) is 4.79 Å². The summed E-state index contributed by atoms with van der Waals surface area (Å²) in [6, 6.07) is 16.0. The summed E-state index contributed by atoms with van der Waals surface area (Å²) in [5.41, 5.74) is 7.19. The van der Waals surface area contributed by atoms with E-state index in [4.69, 9.17) is 16.7 Å². The Balaban J connectivity index is 1.44. The van der Waals surface area contributed by atoms with Crippen LogP contribution in [0.3, 0.4) is 0 Å². The molecule has 0 fully saturated rings. The minimum absolute atomic E-state index is 0.0376. The van der Waals surface area contributed by atoms with Crippen LogP contribution < -0.4 is 0 Å². The predicted molar refractivity (Wildman–Crippen MR) is 120 cm³/mol. The second-order valence-corrected chi connectivity index (χ2v) is 8.31. The highest BCUT2D eigenvalue weighted by Gasteiger charge is 2.26. The molecule has 2 aromatic heterocycles. The Bertz CT molecular complexity index is 1260. The summed E-state index contributed by atoms with van der Waals surface area (Å²) in [7, 11) is 2.00. The van der Waals surface area contributed by atoms with Crippen LogP contribution in [0.5, 0.6) is 0 Å². The Kier molecular flexibility index (Phi) is 4.63. The molecule has 0 atom stereocenters. The van der Waals surface area contributed by atoms with Crippen molar-refractivity contribution < 1.29 is 4.79 Å². The van der Waals surface area contributed by atoms with Gasteiger partial charge in [0.15, 0.2) is 0 Å². The van der Waals surface area contributed by atoms with Gasteiger partial charge in [0.25, 0.3) is 5.91 Å². The molecule has 0 aliphatic carbocycles. The first-order valence-corrected chi connectivity index (χ1v) is 10.6. The lowest BCUT2D eigenvalue weighted by Crippen LogP contribution is -2.34. The van der Waals surface area contributed by atoms with Crippen LogP contribution in [0.15, 0.2) is 48.5 Å². The molecule has 5 rings (SSSR count). The average Bonchev–Trinajstić information content (AvgIpc) is 3.16. The predicted octanol–water partition coefficient (Wildman–Crippen LogP) is 4.77. The van der Waals surface area contributed by atoms with Crippen molar-refractivity contribution in [3.8, 4) is 11.3 Å². The molecular weight excluding hydrogens is 396 g/mol. The molecule has 152 valence electrons. The lowest BCUT2D eigenvalue weighted by atomic mass is 10.0. The number of hydrogen-bond donors (Lipinski definition) is 1. The fraction of sp³-hybridized carbons (Fsp3) is 0.250. The molecule has 0 bridgehead atoms. The van der Waals surface area contributed by atoms with Gasteiger partial charge in [-0.2, -0.15) is 5.10 Å². The first-order valence-electron chi connectivity index (χ1n) is 10.2. The smallest absolute Gasteiger partial charge is 0.270 e. The monoisotopic (exact) mass is 418 g/mol. The average molecular weight is 419 g/mol. The number of carbonyl (C=O) groups is 1. The van der Waals surface area contributed by atoms with E-state index < -0.39 is 0 Å². The van der Waals surface area contributed by atoms with Crippen LogP contribution >= 0.6 is 11.6 Å². The molecule has 3 heterocycles. The number of aromatic nitrogens is 3. The largest absolute Gasteiger partial charge is 0.350 e. The van der Waals surface area contributed by atoms with Gasteiger partial charge in [0, 0.05) is 53.6 Å². The minimum atomic E-state index is 0.0376. The number of rotatable bonds is 2. The van der Waals surface area contributed by atoms with Crippen molar-refractivity contribution in [2.45, 2.75) is 19.8 Å². The zero-order valence-corrected chi connectivity index (χ0v) is 17.8. The fourth-order valence-electron chi connectivity index (χ4n) is 4.52. The van der Waals surface area contributed by atoms with E-state index >= 15 is 0 Å². The molecule has 30 heavy (non-hydrogen) atoms. The molecule has 0 spiro atoms. The number of nitrogens with zero attached hydrogens (tertiary/aromatic N) is 3. The van der Waals surface area contributed by atoms with E-state index in [0.29, 0.717) is 23.8 Å². The fourth-order valence-corrected chi connectivity index (χ4v) is 4.69. The van der Waals surface area contributed by atoms with Crippen molar-refractivity contribution in [2.24, 2.45) is 7.05 Å². The van der Waals surface area contributed by atoms with Gasteiger partial charge in [0.2, 0.25) is 0 Å². The van der Waals surface area contributed by atoms with Gasteiger partial charge < -0.3 is 9.88 Å². The third-order valence-corrected chi connectivity index (χ3v) is 6.28. The second kappa shape index (κ2) is 7.33. The Morgan fingerprint density at radius 3 is 2.67 bits per heavy atom. The Hall–Kier alpha value is -3.05. The van der Waals surface area contributed by atoms with Crippen molar-refractivity contribution in [1.82, 2.24) is 19.7 Å². The number of benzene rings is 2. The zero-order chi connectivity index (χ0) is 20.8. The summed E-state index contributed by atoms with van der Waals surface area (Å²) in [5.74, 6) is 0.0376. The van der Waals surface area contributed by atoms with Crippen LogP contribution in [0.1, 0.15) is 27.3 Å². The van der Waals surface area contributed by atoms with E-state index in [-0.39, 0.29) is 5.91 Å². The number of aryl methyl sites for hydroxylation is 2. The molecule has 1 amide bonds. The number of fused-ring (bicyclic) bond motifs is 2. The molecule has 2 aromatic carbocycles. The topological polar surface area (TPSA) is 53.9 Å². The quantitative estimate of drug-likeness (QED) is 0.509. The van der Waals surface area contributed by atoms with E-state index in [0.717, 1.165) is 46.3 Å². The lowest BCUT2D eigenvalue weighted by Gasteiger charge is -2.20. The molecule has 0 saturated heterocycles. The third kappa shape index (κ3) is 3.10. The molecule has 5 nitrogen and oxygen atoms in total. The summed E-state index contributed by atoms with van der Waals surface area (Å²) in [5, 5.41) is 6.44. The highest BCUT2D eigenvalue weighted by molar-refractivity contribution is 6.31. The first kappa shape index (κ1) is 18.9. The third-order valence-electron chi connectivity index (χ3n) is 6.05. The maximum Gasteiger partial charge on any atom is 0.270 e. The van der Waals surface area contributed by atoms with Gasteiger partial charge in [0.05, 0.1) is 11.4 Å². The van der Waals surface area contributed by atoms with E-state index in [1.807, 2.05) is 60.0 Å². The van der Waals surface area contributed by atoms with Crippen molar-refractivity contribution >= 4 is 28.4 Å². The van der Waals surface area contributed by atoms with Crippen LogP contribution in [-0.4, -0.2) is 38.7 Å². The summed E-state index contributed by atoms with van der Waals surface area (Å²) >= 11 is 6.15. The van der Waals surface area contributed by atoms with E-state index in [2.05, 4.69) is 17.1 Å². The van der Waals surface area contributed by atoms with Gasteiger partial charge in [-0.3, -0.25) is 9.48 Å². The first-order chi connectivity index (χ1) is 14.5. The molecule has 0 unspecified atom stereocenters. The van der Waals surface area contributed by atoms with Crippen LogP contribution in [0.4, 0.5) is 0 Å². The van der Waals surface area contributed by atoms with Crippen LogP contribution in [0, 0.1) is 6.92 Å². The number of aromatic amines is 1. The normalized spacial score (nSPS) is 14.0. The lowest BCUT2D eigenvalue weighted by molar-refractivity contribution is 0.0757. The number of amides is 1. The Morgan fingerprint density at radius 2 is 1.87 bits per heavy atom. The molecule has 1 aliphatic rings. The molecule has 4 aromatic rings.